The largest absolute Gasteiger partial charge is 0.478 e. The Balaban J connectivity index is 2.37. The van der Waals surface area contributed by atoms with Gasteiger partial charge in [0.15, 0.2) is 0 Å². The Morgan fingerprint density at radius 1 is 1.30 bits per heavy atom. The Kier molecular flexibility index (Phi) is 3.07. The van der Waals surface area contributed by atoms with Gasteiger partial charge >= 0.3 is 5.97 Å². The van der Waals surface area contributed by atoms with Gasteiger partial charge in [-0.15, -0.1) is 0 Å². The maximum atomic E-state index is 12.0. The first-order valence-electron chi connectivity index (χ1n) is 5.38. The number of fused-ring (bicyclic) bond motifs is 1. The van der Waals surface area contributed by atoms with Crippen molar-refractivity contribution in [2.75, 3.05) is 6.54 Å². The fourth-order valence-corrected chi connectivity index (χ4v) is 1.79. The zero-order chi connectivity index (χ0) is 15.0. The van der Waals surface area contributed by atoms with E-state index in [-0.39, 0.29) is 22.4 Å². The van der Waals surface area contributed by atoms with Crippen molar-refractivity contribution in [3.8, 4) is 0 Å². The Hall–Kier alpha value is -3.03. The van der Waals surface area contributed by atoms with E-state index in [9.17, 15) is 24.5 Å². The number of carboxylic acid groups (broad SMARTS) is 1. The Morgan fingerprint density at radius 2 is 1.90 bits per heavy atom. The number of non-ortho nitro benzene ring substituents is 1. The summed E-state index contributed by atoms with van der Waals surface area (Å²) >= 11 is 0. The average molecular weight is 276 g/mol. The third-order valence-electron chi connectivity index (χ3n) is 2.82. The van der Waals surface area contributed by atoms with Gasteiger partial charge in [0.1, 0.15) is 0 Å². The lowest BCUT2D eigenvalue weighted by atomic mass is 10.1. The SMILES string of the molecule is C=C(CN1C(=O)c2ccc([N+](=O)[O-])cc2C1=O)C(=O)O. The number of hydrogen-bond donors (Lipinski definition) is 1. The minimum absolute atomic E-state index is 0.0128. The second-order valence-electron chi connectivity index (χ2n) is 4.09. The van der Waals surface area contributed by atoms with Gasteiger partial charge in [0.2, 0.25) is 0 Å². The van der Waals surface area contributed by atoms with Crippen molar-refractivity contribution in [3.63, 3.8) is 0 Å². The molecule has 0 fully saturated rings. The van der Waals surface area contributed by atoms with Crippen molar-refractivity contribution in [2.24, 2.45) is 0 Å². The summed E-state index contributed by atoms with van der Waals surface area (Å²) in [4.78, 5) is 45.3. The molecule has 1 aromatic carbocycles. The molecule has 0 saturated carbocycles. The molecule has 1 N–H and O–H groups in total. The number of amides is 2. The van der Waals surface area contributed by atoms with E-state index in [2.05, 4.69) is 6.58 Å². The predicted octanol–water partition coefficient (Wildman–Crippen LogP) is 0.832. The molecule has 2 amide bonds. The number of imide groups is 1. The number of nitro groups is 1. The minimum Gasteiger partial charge on any atom is -0.478 e. The number of nitrogens with zero attached hydrogens (tertiary/aromatic N) is 2. The molecular formula is C12H8N2O6. The van der Waals surface area contributed by atoms with Crippen molar-refractivity contribution < 1.29 is 24.4 Å². The standard InChI is InChI=1S/C12H8N2O6/c1-6(12(17)18)5-13-10(15)8-3-2-7(14(19)20)4-9(8)11(13)16/h2-4H,1,5H2,(H,17,18). The average Bonchev–Trinajstić information content (AvgIpc) is 2.63. The van der Waals surface area contributed by atoms with E-state index in [1.165, 1.54) is 6.07 Å². The van der Waals surface area contributed by atoms with Gasteiger partial charge in [-0.05, 0) is 6.07 Å². The third-order valence-corrected chi connectivity index (χ3v) is 2.82. The molecule has 0 saturated heterocycles. The highest BCUT2D eigenvalue weighted by Crippen LogP contribution is 2.27. The molecule has 0 aromatic heterocycles. The van der Waals surface area contributed by atoms with Gasteiger partial charge < -0.3 is 5.11 Å². The summed E-state index contributed by atoms with van der Waals surface area (Å²) in [7, 11) is 0. The highest BCUT2D eigenvalue weighted by atomic mass is 16.6. The van der Waals surface area contributed by atoms with E-state index in [0.29, 0.717) is 4.90 Å². The number of aliphatic carboxylic acids is 1. The molecule has 0 bridgehead atoms. The molecule has 20 heavy (non-hydrogen) atoms. The van der Waals surface area contributed by atoms with Gasteiger partial charge in [-0.1, -0.05) is 6.58 Å². The molecule has 0 unspecified atom stereocenters. The molecule has 8 heteroatoms. The van der Waals surface area contributed by atoms with Crippen molar-refractivity contribution >= 4 is 23.5 Å². The van der Waals surface area contributed by atoms with Crippen LogP contribution < -0.4 is 0 Å². The molecule has 1 aliphatic rings. The molecular weight excluding hydrogens is 268 g/mol. The summed E-state index contributed by atoms with van der Waals surface area (Å²) in [5.74, 6) is -2.79. The minimum atomic E-state index is -1.33. The van der Waals surface area contributed by atoms with Crippen LogP contribution in [0, 0.1) is 10.1 Å². The van der Waals surface area contributed by atoms with Crippen LogP contribution in [0.25, 0.3) is 0 Å². The van der Waals surface area contributed by atoms with Gasteiger partial charge in [0.05, 0.1) is 22.6 Å². The summed E-state index contributed by atoms with van der Waals surface area (Å²) in [6.45, 7) is 2.78. The van der Waals surface area contributed by atoms with Crippen molar-refractivity contribution in [1.29, 1.82) is 0 Å². The highest BCUT2D eigenvalue weighted by Gasteiger charge is 2.37. The second kappa shape index (κ2) is 4.57. The van der Waals surface area contributed by atoms with E-state index in [0.717, 1.165) is 12.1 Å². The van der Waals surface area contributed by atoms with Crippen molar-refractivity contribution in [2.45, 2.75) is 0 Å². The Bertz CT molecular complexity index is 679. The smallest absolute Gasteiger partial charge is 0.332 e. The van der Waals surface area contributed by atoms with Crippen LogP contribution in [-0.4, -0.2) is 39.3 Å². The molecule has 8 nitrogen and oxygen atoms in total. The maximum absolute atomic E-state index is 12.0. The van der Waals surface area contributed by atoms with E-state index >= 15 is 0 Å². The number of carboxylic acids is 1. The summed E-state index contributed by atoms with van der Waals surface area (Å²) in [6, 6.07) is 3.29. The molecule has 0 radical (unpaired) electrons. The number of carbonyl (C=O) groups is 3. The van der Waals surface area contributed by atoms with E-state index in [4.69, 9.17) is 5.11 Å². The number of nitro benzene ring substituents is 1. The predicted molar refractivity (Wildman–Crippen MR) is 65.2 cm³/mol. The van der Waals surface area contributed by atoms with Gasteiger partial charge in [0, 0.05) is 17.7 Å². The normalized spacial score (nSPS) is 13.3. The summed E-state index contributed by atoms with van der Waals surface area (Å²) in [6.07, 6.45) is 0. The Morgan fingerprint density at radius 3 is 2.45 bits per heavy atom. The van der Waals surface area contributed by atoms with E-state index < -0.39 is 29.3 Å². The maximum Gasteiger partial charge on any atom is 0.332 e. The first-order chi connectivity index (χ1) is 9.32. The molecule has 0 spiro atoms. The van der Waals surface area contributed by atoms with Gasteiger partial charge in [-0.2, -0.15) is 0 Å². The zero-order valence-electron chi connectivity index (χ0n) is 10.0. The molecule has 0 aliphatic carbocycles. The second-order valence-corrected chi connectivity index (χ2v) is 4.09. The summed E-state index contributed by atoms with van der Waals surface area (Å²) in [5, 5.41) is 19.4. The van der Waals surface area contributed by atoms with Crippen LogP contribution in [-0.2, 0) is 4.79 Å². The summed E-state index contributed by atoms with van der Waals surface area (Å²) in [5.41, 5.74) is -0.737. The van der Waals surface area contributed by atoms with Crippen LogP contribution in [0.2, 0.25) is 0 Å². The number of hydrogen-bond acceptors (Lipinski definition) is 5. The molecule has 1 heterocycles. The highest BCUT2D eigenvalue weighted by molar-refractivity contribution is 6.22. The van der Waals surface area contributed by atoms with E-state index in [1.807, 2.05) is 0 Å². The van der Waals surface area contributed by atoms with Crippen LogP contribution in [0.5, 0.6) is 0 Å². The van der Waals surface area contributed by atoms with Gasteiger partial charge in [-0.3, -0.25) is 24.6 Å². The summed E-state index contributed by atoms with van der Waals surface area (Å²) < 4.78 is 0. The van der Waals surface area contributed by atoms with Gasteiger partial charge in [-0.25, -0.2) is 4.79 Å². The topological polar surface area (TPSA) is 118 Å². The van der Waals surface area contributed by atoms with Crippen LogP contribution in [0.15, 0.2) is 30.4 Å². The quantitative estimate of drug-likeness (QED) is 0.376. The number of rotatable bonds is 4. The third kappa shape index (κ3) is 2.03. The zero-order valence-corrected chi connectivity index (χ0v) is 10.0. The van der Waals surface area contributed by atoms with Crippen molar-refractivity contribution in [3.05, 3.63) is 51.6 Å². The first-order valence-corrected chi connectivity index (χ1v) is 5.38. The van der Waals surface area contributed by atoms with Crippen LogP contribution >= 0.6 is 0 Å². The monoisotopic (exact) mass is 276 g/mol. The fourth-order valence-electron chi connectivity index (χ4n) is 1.79. The number of benzene rings is 1. The molecule has 1 aromatic rings. The van der Waals surface area contributed by atoms with Crippen LogP contribution in [0.1, 0.15) is 20.7 Å². The molecule has 2 rings (SSSR count). The van der Waals surface area contributed by atoms with E-state index in [1.54, 1.807) is 0 Å². The molecule has 0 atom stereocenters. The lowest BCUT2D eigenvalue weighted by Crippen LogP contribution is -2.33. The van der Waals surface area contributed by atoms with Gasteiger partial charge in [0.25, 0.3) is 17.5 Å². The molecule has 1 aliphatic heterocycles. The lowest BCUT2D eigenvalue weighted by molar-refractivity contribution is -0.384. The molecule has 102 valence electrons. The van der Waals surface area contributed by atoms with Crippen LogP contribution in [0.3, 0.4) is 0 Å². The Labute approximate surface area is 112 Å². The lowest BCUT2D eigenvalue weighted by Gasteiger charge is -2.12. The first kappa shape index (κ1) is 13.4. The number of carbonyl (C=O) groups excluding carboxylic acids is 2. The van der Waals surface area contributed by atoms with Crippen molar-refractivity contribution in [1.82, 2.24) is 4.90 Å². The van der Waals surface area contributed by atoms with Crippen LogP contribution in [0.4, 0.5) is 5.69 Å². The fraction of sp³-hybridized carbons (Fsp3) is 0.0833.